The van der Waals surface area contributed by atoms with Crippen LogP contribution in [0.5, 0.6) is 0 Å². The second-order valence-corrected chi connectivity index (χ2v) is 2.28. The Morgan fingerprint density at radius 2 is 2.36 bits per heavy atom. The second-order valence-electron chi connectivity index (χ2n) is 2.28. The molecule has 11 heavy (non-hydrogen) atoms. The van der Waals surface area contributed by atoms with Crippen molar-refractivity contribution < 1.29 is 4.92 Å². The van der Waals surface area contributed by atoms with Crippen molar-refractivity contribution in [1.82, 2.24) is 0 Å². The van der Waals surface area contributed by atoms with Crippen LogP contribution in [0.15, 0.2) is 24.3 Å². The van der Waals surface area contributed by atoms with Crippen molar-refractivity contribution in [2.24, 2.45) is 0 Å². The topological polar surface area (TPSA) is 66.9 Å². The van der Waals surface area contributed by atoms with Crippen LogP contribution in [0.4, 0.5) is 0 Å². The van der Waals surface area contributed by atoms with Crippen molar-refractivity contribution in [3.05, 3.63) is 34.4 Å². The van der Waals surface area contributed by atoms with Gasteiger partial charge in [0.15, 0.2) is 6.07 Å². The van der Waals surface area contributed by atoms with E-state index < -0.39 is 10.5 Å². The molecule has 0 radical (unpaired) electrons. The number of hydrogen-bond donors (Lipinski definition) is 0. The molecule has 4 nitrogen and oxygen atoms in total. The molecule has 0 aromatic carbocycles. The molecule has 1 rings (SSSR count). The van der Waals surface area contributed by atoms with Gasteiger partial charge < -0.3 is 0 Å². The van der Waals surface area contributed by atoms with Crippen LogP contribution in [-0.4, -0.2) is 10.5 Å². The van der Waals surface area contributed by atoms with Gasteiger partial charge in [-0.2, -0.15) is 5.26 Å². The number of nitriles is 1. The first-order chi connectivity index (χ1) is 5.21. The molecular weight excluding hydrogens is 144 g/mol. The molecule has 0 amide bonds. The SMILES string of the molecule is N#CC1([N+](=O)[O-])C=CC=CC1. The molecule has 1 atom stereocenters. The van der Waals surface area contributed by atoms with Gasteiger partial charge in [0.05, 0.1) is 6.42 Å². The molecule has 0 aromatic rings. The fourth-order valence-corrected chi connectivity index (χ4v) is 0.868. The summed E-state index contributed by atoms with van der Waals surface area (Å²) in [6.07, 6.45) is 6.31. The van der Waals surface area contributed by atoms with Crippen LogP contribution in [0, 0.1) is 21.4 Å². The molecule has 0 heterocycles. The van der Waals surface area contributed by atoms with E-state index in [0.717, 1.165) is 0 Å². The summed E-state index contributed by atoms with van der Waals surface area (Å²) in [5.41, 5.74) is -1.52. The van der Waals surface area contributed by atoms with Gasteiger partial charge >= 0.3 is 5.54 Å². The lowest BCUT2D eigenvalue weighted by atomic mass is 9.94. The average molecular weight is 150 g/mol. The highest BCUT2D eigenvalue weighted by atomic mass is 16.6. The lowest BCUT2D eigenvalue weighted by Crippen LogP contribution is -2.34. The molecule has 0 N–H and O–H groups in total. The van der Waals surface area contributed by atoms with Crippen molar-refractivity contribution >= 4 is 0 Å². The maximum Gasteiger partial charge on any atom is 0.327 e. The summed E-state index contributed by atoms with van der Waals surface area (Å²) in [5, 5.41) is 18.9. The molecule has 0 aliphatic heterocycles. The first kappa shape index (κ1) is 7.48. The Bertz CT molecular complexity index is 275. The zero-order chi connectivity index (χ0) is 8.32. The third-order valence-electron chi connectivity index (χ3n) is 1.57. The maximum atomic E-state index is 10.4. The fraction of sp³-hybridized carbons (Fsp3) is 0.286. The van der Waals surface area contributed by atoms with Crippen molar-refractivity contribution in [2.45, 2.75) is 12.0 Å². The Hall–Kier alpha value is -1.63. The quantitative estimate of drug-likeness (QED) is 0.414. The first-order valence-electron chi connectivity index (χ1n) is 3.11. The molecule has 4 heteroatoms. The monoisotopic (exact) mass is 150 g/mol. The minimum atomic E-state index is -1.52. The molecular formula is C7H6N2O2. The number of hydrogen-bond acceptors (Lipinski definition) is 3. The van der Waals surface area contributed by atoms with Crippen LogP contribution >= 0.6 is 0 Å². The van der Waals surface area contributed by atoms with Gasteiger partial charge in [-0.1, -0.05) is 18.2 Å². The summed E-state index contributed by atoms with van der Waals surface area (Å²) < 4.78 is 0. The van der Waals surface area contributed by atoms with E-state index >= 15 is 0 Å². The minimum Gasteiger partial charge on any atom is -0.263 e. The van der Waals surface area contributed by atoms with Crippen LogP contribution in [0.25, 0.3) is 0 Å². The number of nitro groups is 1. The van der Waals surface area contributed by atoms with Gasteiger partial charge in [0.1, 0.15) is 0 Å². The van der Waals surface area contributed by atoms with E-state index in [0.29, 0.717) is 0 Å². The molecule has 0 bridgehead atoms. The Morgan fingerprint density at radius 3 is 2.64 bits per heavy atom. The Morgan fingerprint density at radius 1 is 1.64 bits per heavy atom. The van der Waals surface area contributed by atoms with E-state index in [1.54, 1.807) is 18.2 Å². The van der Waals surface area contributed by atoms with Gasteiger partial charge in [-0.3, -0.25) is 10.1 Å². The van der Waals surface area contributed by atoms with E-state index in [1.165, 1.54) is 12.2 Å². The normalized spacial score (nSPS) is 27.9. The van der Waals surface area contributed by atoms with E-state index in [1.807, 2.05) is 0 Å². The van der Waals surface area contributed by atoms with E-state index in [-0.39, 0.29) is 6.42 Å². The van der Waals surface area contributed by atoms with Gasteiger partial charge in [0.2, 0.25) is 0 Å². The van der Waals surface area contributed by atoms with E-state index in [4.69, 9.17) is 5.26 Å². The maximum absolute atomic E-state index is 10.4. The summed E-state index contributed by atoms with van der Waals surface area (Å²) in [6, 6.07) is 1.68. The molecule has 0 spiro atoms. The van der Waals surface area contributed by atoms with Gasteiger partial charge in [0.25, 0.3) is 0 Å². The van der Waals surface area contributed by atoms with E-state index in [9.17, 15) is 10.1 Å². The predicted molar refractivity (Wildman–Crippen MR) is 38.2 cm³/mol. The summed E-state index contributed by atoms with van der Waals surface area (Å²) in [4.78, 5) is 9.84. The number of nitrogens with zero attached hydrogens (tertiary/aromatic N) is 2. The predicted octanol–water partition coefficient (Wildman–Crippen LogP) is 1.04. The standard InChI is InChI=1S/C7H6N2O2/c8-6-7(9(10)11)4-2-1-3-5-7/h1-4H,5H2. The molecule has 56 valence electrons. The van der Waals surface area contributed by atoms with Crippen LogP contribution in [-0.2, 0) is 0 Å². The average Bonchev–Trinajstić information content (AvgIpc) is 2.05. The van der Waals surface area contributed by atoms with Crippen molar-refractivity contribution in [2.75, 3.05) is 0 Å². The molecule has 0 saturated carbocycles. The highest BCUT2D eigenvalue weighted by Crippen LogP contribution is 2.19. The van der Waals surface area contributed by atoms with Crippen LogP contribution in [0.2, 0.25) is 0 Å². The summed E-state index contributed by atoms with van der Waals surface area (Å²) in [6.45, 7) is 0. The Balaban J connectivity index is 2.97. The summed E-state index contributed by atoms with van der Waals surface area (Å²) >= 11 is 0. The second kappa shape index (κ2) is 2.54. The molecule has 0 saturated heterocycles. The van der Waals surface area contributed by atoms with Crippen LogP contribution < -0.4 is 0 Å². The number of rotatable bonds is 1. The van der Waals surface area contributed by atoms with E-state index in [2.05, 4.69) is 0 Å². The summed E-state index contributed by atoms with van der Waals surface area (Å²) in [7, 11) is 0. The van der Waals surface area contributed by atoms with Gasteiger partial charge in [-0.25, -0.2) is 0 Å². The third kappa shape index (κ3) is 1.13. The Labute approximate surface area is 63.6 Å². The molecule has 0 fully saturated rings. The largest absolute Gasteiger partial charge is 0.327 e. The highest BCUT2D eigenvalue weighted by Gasteiger charge is 2.39. The van der Waals surface area contributed by atoms with Gasteiger partial charge in [-0.05, 0) is 0 Å². The van der Waals surface area contributed by atoms with Gasteiger partial charge in [0, 0.05) is 11.0 Å². The van der Waals surface area contributed by atoms with Crippen molar-refractivity contribution in [1.29, 1.82) is 5.26 Å². The zero-order valence-corrected chi connectivity index (χ0v) is 5.73. The summed E-state index contributed by atoms with van der Waals surface area (Å²) in [5.74, 6) is 0. The minimum absolute atomic E-state index is 0.160. The van der Waals surface area contributed by atoms with Crippen LogP contribution in [0.3, 0.4) is 0 Å². The molecule has 1 aliphatic carbocycles. The lowest BCUT2D eigenvalue weighted by Gasteiger charge is -2.12. The first-order valence-corrected chi connectivity index (χ1v) is 3.11. The zero-order valence-electron chi connectivity index (χ0n) is 5.73. The molecule has 0 aromatic heterocycles. The third-order valence-corrected chi connectivity index (χ3v) is 1.57. The van der Waals surface area contributed by atoms with Gasteiger partial charge in [-0.15, -0.1) is 0 Å². The van der Waals surface area contributed by atoms with Crippen LogP contribution in [0.1, 0.15) is 6.42 Å². The fourth-order valence-electron chi connectivity index (χ4n) is 0.868. The lowest BCUT2D eigenvalue weighted by molar-refractivity contribution is -0.537. The highest BCUT2D eigenvalue weighted by molar-refractivity contribution is 5.25. The van der Waals surface area contributed by atoms with Crippen molar-refractivity contribution in [3.63, 3.8) is 0 Å². The smallest absolute Gasteiger partial charge is 0.263 e. The molecule has 1 aliphatic rings. The Kier molecular flexibility index (Phi) is 1.73. The van der Waals surface area contributed by atoms with Crippen molar-refractivity contribution in [3.8, 4) is 6.07 Å². The number of allylic oxidation sites excluding steroid dienone is 2. The molecule has 1 unspecified atom stereocenters.